The number of nitrogens with one attached hydrogen (secondary N) is 1. The predicted octanol–water partition coefficient (Wildman–Crippen LogP) is 0.647. The van der Waals surface area contributed by atoms with E-state index in [1.807, 2.05) is 4.90 Å². The molecule has 0 aromatic heterocycles. The predicted molar refractivity (Wildman–Crippen MR) is 67.4 cm³/mol. The molecule has 0 spiro atoms. The molecule has 5 heteroatoms. The fraction of sp³-hybridized carbons (Fsp3) is 0.462. The van der Waals surface area contributed by atoms with Gasteiger partial charge in [0.2, 0.25) is 5.91 Å². The molecule has 3 N–H and O–H groups in total. The maximum Gasteiger partial charge on any atom is 0.239 e. The van der Waals surface area contributed by atoms with E-state index in [2.05, 4.69) is 5.32 Å². The van der Waals surface area contributed by atoms with E-state index in [-0.39, 0.29) is 5.82 Å². The standard InChI is InChI=1S/C13H18FN3O/c14-11-4-1-3-10(9-11)12(13(15)18)17-7-2-5-16-6-8-17/h1,3-4,9,12,16H,2,5-8H2,(H2,15,18). The van der Waals surface area contributed by atoms with Crippen LogP contribution in [0.2, 0.25) is 0 Å². The van der Waals surface area contributed by atoms with Gasteiger partial charge in [-0.05, 0) is 30.7 Å². The Morgan fingerprint density at radius 1 is 1.39 bits per heavy atom. The molecule has 1 atom stereocenters. The van der Waals surface area contributed by atoms with Crippen LogP contribution in [0.15, 0.2) is 24.3 Å². The number of primary amides is 1. The van der Waals surface area contributed by atoms with E-state index in [0.717, 1.165) is 32.6 Å². The van der Waals surface area contributed by atoms with Crippen LogP contribution < -0.4 is 11.1 Å². The van der Waals surface area contributed by atoms with Gasteiger partial charge in [0, 0.05) is 19.6 Å². The molecular formula is C13H18FN3O. The number of halogens is 1. The first-order valence-corrected chi connectivity index (χ1v) is 6.18. The Morgan fingerprint density at radius 3 is 2.94 bits per heavy atom. The molecule has 0 radical (unpaired) electrons. The zero-order chi connectivity index (χ0) is 13.0. The zero-order valence-corrected chi connectivity index (χ0v) is 10.2. The summed E-state index contributed by atoms with van der Waals surface area (Å²) in [6.07, 6.45) is 0.957. The second kappa shape index (κ2) is 5.93. The molecular weight excluding hydrogens is 233 g/mol. The van der Waals surface area contributed by atoms with Crippen molar-refractivity contribution in [3.63, 3.8) is 0 Å². The van der Waals surface area contributed by atoms with Crippen molar-refractivity contribution in [2.75, 3.05) is 26.2 Å². The van der Waals surface area contributed by atoms with E-state index in [1.54, 1.807) is 12.1 Å². The second-order valence-corrected chi connectivity index (χ2v) is 4.50. The highest BCUT2D eigenvalue weighted by Gasteiger charge is 2.26. The molecule has 1 aromatic rings. The molecule has 0 bridgehead atoms. The van der Waals surface area contributed by atoms with Gasteiger partial charge in [0.25, 0.3) is 0 Å². The van der Waals surface area contributed by atoms with E-state index in [4.69, 9.17) is 5.73 Å². The molecule has 0 aliphatic carbocycles. The number of nitrogens with zero attached hydrogens (tertiary/aromatic N) is 1. The molecule has 1 saturated heterocycles. The van der Waals surface area contributed by atoms with Crippen molar-refractivity contribution in [1.82, 2.24) is 10.2 Å². The summed E-state index contributed by atoms with van der Waals surface area (Å²) in [4.78, 5) is 13.7. The number of rotatable bonds is 3. The average Bonchev–Trinajstić information content (AvgIpc) is 2.58. The summed E-state index contributed by atoms with van der Waals surface area (Å²) in [6.45, 7) is 3.28. The van der Waals surface area contributed by atoms with Crippen molar-refractivity contribution < 1.29 is 9.18 Å². The minimum atomic E-state index is -0.541. The molecule has 1 heterocycles. The van der Waals surface area contributed by atoms with Crippen molar-refractivity contribution in [3.05, 3.63) is 35.6 Å². The Hall–Kier alpha value is -1.46. The van der Waals surface area contributed by atoms with Gasteiger partial charge < -0.3 is 11.1 Å². The Kier molecular flexibility index (Phi) is 4.28. The van der Waals surface area contributed by atoms with Gasteiger partial charge in [0.15, 0.2) is 0 Å². The minimum Gasteiger partial charge on any atom is -0.368 e. The van der Waals surface area contributed by atoms with Crippen molar-refractivity contribution in [1.29, 1.82) is 0 Å². The van der Waals surface area contributed by atoms with Gasteiger partial charge in [0.1, 0.15) is 11.9 Å². The monoisotopic (exact) mass is 251 g/mol. The molecule has 1 aromatic carbocycles. The number of carbonyl (C=O) groups is 1. The fourth-order valence-corrected chi connectivity index (χ4v) is 2.36. The van der Waals surface area contributed by atoms with E-state index < -0.39 is 11.9 Å². The molecule has 98 valence electrons. The molecule has 1 amide bonds. The largest absolute Gasteiger partial charge is 0.368 e. The highest BCUT2D eigenvalue weighted by atomic mass is 19.1. The van der Waals surface area contributed by atoms with Gasteiger partial charge >= 0.3 is 0 Å². The third-order valence-corrected chi connectivity index (χ3v) is 3.17. The van der Waals surface area contributed by atoms with E-state index in [9.17, 15) is 9.18 Å². The van der Waals surface area contributed by atoms with Gasteiger partial charge in [-0.2, -0.15) is 0 Å². The Bertz CT molecular complexity index is 416. The third kappa shape index (κ3) is 3.05. The maximum atomic E-state index is 13.3. The zero-order valence-electron chi connectivity index (χ0n) is 10.2. The van der Waals surface area contributed by atoms with Crippen LogP contribution in [-0.2, 0) is 4.79 Å². The lowest BCUT2D eigenvalue weighted by Crippen LogP contribution is -2.39. The lowest BCUT2D eigenvalue weighted by atomic mass is 10.0. The quantitative estimate of drug-likeness (QED) is 0.829. The summed E-state index contributed by atoms with van der Waals surface area (Å²) in [5.74, 6) is -0.769. The normalized spacial score (nSPS) is 19.2. The molecule has 1 aliphatic rings. The van der Waals surface area contributed by atoms with Crippen LogP contribution in [0.5, 0.6) is 0 Å². The number of benzene rings is 1. The molecule has 18 heavy (non-hydrogen) atoms. The van der Waals surface area contributed by atoms with Crippen LogP contribution in [-0.4, -0.2) is 37.0 Å². The highest BCUT2D eigenvalue weighted by molar-refractivity contribution is 5.81. The van der Waals surface area contributed by atoms with Gasteiger partial charge in [-0.15, -0.1) is 0 Å². The number of hydrogen-bond donors (Lipinski definition) is 2. The molecule has 1 fully saturated rings. The fourth-order valence-electron chi connectivity index (χ4n) is 2.36. The summed E-state index contributed by atoms with van der Waals surface area (Å²) >= 11 is 0. The van der Waals surface area contributed by atoms with Crippen LogP contribution >= 0.6 is 0 Å². The van der Waals surface area contributed by atoms with Crippen LogP contribution in [0.25, 0.3) is 0 Å². The average molecular weight is 251 g/mol. The SMILES string of the molecule is NC(=O)C(c1cccc(F)c1)N1CCCNCC1. The van der Waals surface area contributed by atoms with E-state index >= 15 is 0 Å². The van der Waals surface area contributed by atoms with Crippen molar-refractivity contribution in [3.8, 4) is 0 Å². The summed E-state index contributed by atoms with van der Waals surface area (Å²) in [7, 11) is 0. The molecule has 1 aliphatic heterocycles. The van der Waals surface area contributed by atoms with E-state index in [1.165, 1.54) is 12.1 Å². The van der Waals surface area contributed by atoms with Crippen LogP contribution in [0.3, 0.4) is 0 Å². The van der Waals surface area contributed by atoms with Gasteiger partial charge in [-0.1, -0.05) is 12.1 Å². The number of nitrogens with two attached hydrogens (primary N) is 1. The van der Waals surface area contributed by atoms with Crippen molar-refractivity contribution in [2.45, 2.75) is 12.5 Å². The van der Waals surface area contributed by atoms with Crippen LogP contribution in [0.4, 0.5) is 4.39 Å². The van der Waals surface area contributed by atoms with Gasteiger partial charge in [-0.25, -0.2) is 4.39 Å². The molecule has 0 saturated carbocycles. The molecule has 1 unspecified atom stereocenters. The Morgan fingerprint density at radius 2 is 2.22 bits per heavy atom. The summed E-state index contributed by atoms with van der Waals surface area (Å²) in [5, 5.41) is 3.27. The van der Waals surface area contributed by atoms with E-state index in [0.29, 0.717) is 5.56 Å². The summed E-state index contributed by atoms with van der Waals surface area (Å²) in [6, 6.07) is 5.56. The Balaban J connectivity index is 2.24. The lowest BCUT2D eigenvalue weighted by molar-refractivity contribution is -0.123. The first kappa shape index (κ1) is 13.0. The molecule has 2 rings (SSSR count). The highest BCUT2D eigenvalue weighted by Crippen LogP contribution is 2.21. The number of carbonyl (C=O) groups excluding carboxylic acids is 1. The number of hydrogen-bond acceptors (Lipinski definition) is 3. The smallest absolute Gasteiger partial charge is 0.239 e. The third-order valence-electron chi connectivity index (χ3n) is 3.17. The van der Waals surface area contributed by atoms with Gasteiger partial charge in [-0.3, -0.25) is 9.69 Å². The summed E-state index contributed by atoms with van der Waals surface area (Å²) < 4.78 is 13.3. The topological polar surface area (TPSA) is 58.4 Å². The van der Waals surface area contributed by atoms with Crippen LogP contribution in [0.1, 0.15) is 18.0 Å². The second-order valence-electron chi connectivity index (χ2n) is 4.50. The molecule has 4 nitrogen and oxygen atoms in total. The first-order valence-electron chi connectivity index (χ1n) is 6.18. The Labute approximate surface area is 106 Å². The van der Waals surface area contributed by atoms with Crippen LogP contribution in [0, 0.1) is 5.82 Å². The lowest BCUT2D eigenvalue weighted by Gasteiger charge is -2.28. The van der Waals surface area contributed by atoms with Crippen molar-refractivity contribution in [2.24, 2.45) is 5.73 Å². The van der Waals surface area contributed by atoms with Gasteiger partial charge in [0.05, 0.1) is 0 Å². The summed E-state index contributed by atoms with van der Waals surface area (Å²) in [5.41, 5.74) is 6.11. The maximum absolute atomic E-state index is 13.3. The van der Waals surface area contributed by atoms with Crippen molar-refractivity contribution >= 4 is 5.91 Å². The number of amides is 1. The first-order chi connectivity index (χ1) is 8.68. The minimum absolute atomic E-state index is 0.341.